The van der Waals surface area contributed by atoms with Crippen LogP contribution < -0.4 is 9.62 Å². The van der Waals surface area contributed by atoms with E-state index in [0.29, 0.717) is 18.0 Å². The topological polar surface area (TPSA) is 69.6 Å². The smallest absolute Gasteiger partial charge is 0.242 e. The molecule has 1 aromatic carbocycles. The van der Waals surface area contributed by atoms with Crippen LogP contribution in [0.3, 0.4) is 0 Å². The molecule has 2 rings (SSSR count). The van der Waals surface area contributed by atoms with E-state index in [0.717, 1.165) is 25.1 Å². The highest BCUT2D eigenvalue weighted by atomic mass is 32.2. The van der Waals surface area contributed by atoms with Crippen LogP contribution in [0.2, 0.25) is 0 Å². The van der Waals surface area contributed by atoms with Crippen LogP contribution in [0.4, 0.5) is 5.69 Å². The van der Waals surface area contributed by atoms with E-state index in [1.54, 1.807) is 19.1 Å². The summed E-state index contributed by atoms with van der Waals surface area (Å²) >= 11 is 0. The minimum atomic E-state index is -3.47. The molecule has 0 bridgehead atoms. The van der Waals surface area contributed by atoms with Crippen molar-refractivity contribution in [2.24, 2.45) is 5.92 Å². The highest BCUT2D eigenvalue weighted by Gasteiger charge is 2.25. The fourth-order valence-electron chi connectivity index (χ4n) is 2.65. The van der Waals surface area contributed by atoms with Crippen LogP contribution in [0.5, 0.6) is 0 Å². The van der Waals surface area contributed by atoms with Crippen LogP contribution in [0.25, 0.3) is 0 Å². The lowest BCUT2D eigenvalue weighted by atomic mass is 9.98. The third-order valence-corrected chi connectivity index (χ3v) is 5.20. The number of aliphatic hydroxyl groups excluding tert-OH is 1. The van der Waals surface area contributed by atoms with Crippen molar-refractivity contribution in [3.63, 3.8) is 0 Å². The van der Waals surface area contributed by atoms with E-state index >= 15 is 0 Å². The number of aliphatic hydroxyl groups is 1. The van der Waals surface area contributed by atoms with Crippen LogP contribution in [-0.4, -0.2) is 39.8 Å². The minimum absolute atomic E-state index is 0.151. The Labute approximate surface area is 120 Å². The zero-order chi connectivity index (χ0) is 14.6. The number of benzene rings is 1. The summed E-state index contributed by atoms with van der Waals surface area (Å²) < 4.78 is 27.1. The van der Waals surface area contributed by atoms with Gasteiger partial charge in [0.15, 0.2) is 0 Å². The van der Waals surface area contributed by atoms with E-state index in [2.05, 4.69) is 9.62 Å². The fraction of sp³-hybridized carbons (Fsp3) is 0.571. The van der Waals surface area contributed by atoms with Gasteiger partial charge in [-0.2, -0.15) is 0 Å². The van der Waals surface area contributed by atoms with Gasteiger partial charge in [0.25, 0.3) is 0 Å². The second kappa shape index (κ2) is 6.56. The van der Waals surface area contributed by atoms with Crippen molar-refractivity contribution in [2.75, 3.05) is 31.1 Å². The molecule has 0 spiro atoms. The van der Waals surface area contributed by atoms with Gasteiger partial charge in [-0.3, -0.25) is 0 Å². The molecule has 0 aliphatic carbocycles. The van der Waals surface area contributed by atoms with Gasteiger partial charge in [-0.25, -0.2) is 13.1 Å². The number of piperidine rings is 1. The van der Waals surface area contributed by atoms with Crippen molar-refractivity contribution in [2.45, 2.75) is 24.7 Å². The van der Waals surface area contributed by atoms with Crippen molar-refractivity contribution < 1.29 is 13.5 Å². The maximum atomic E-state index is 12.3. The monoisotopic (exact) mass is 298 g/mol. The third-order valence-electron chi connectivity index (χ3n) is 3.61. The first-order chi connectivity index (χ1) is 9.58. The molecule has 20 heavy (non-hydrogen) atoms. The lowest BCUT2D eigenvalue weighted by Crippen LogP contribution is -2.38. The number of hydrogen-bond acceptors (Lipinski definition) is 4. The summed E-state index contributed by atoms with van der Waals surface area (Å²) in [6, 6.07) is 7.06. The zero-order valence-electron chi connectivity index (χ0n) is 11.7. The van der Waals surface area contributed by atoms with Crippen molar-refractivity contribution in [1.29, 1.82) is 0 Å². The van der Waals surface area contributed by atoms with Gasteiger partial charge in [-0.05, 0) is 30.9 Å². The van der Waals surface area contributed by atoms with Crippen LogP contribution in [0, 0.1) is 5.92 Å². The first-order valence-corrected chi connectivity index (χ1v) is 8.51. The number of para-hydroxylation sites is 1. The van der Waals surface area contributed by atoms with E-state index in [1.165, 1.54) is 0 Å². The van der Waals surface area contributed by atoms with Gasteiger partial charge in [0.05, 0.1) is 5.69 Å². The summed E-state index contributed by atoms with van der Waals surface area (Å²) in [6.45, 7) is 3.82. The third kappa shape index (κ3) is 3.31. The molecule has 112 valence electrons. The maximum absolute atomic E-state index is 12.3. The summed E-state index contributed by atoms with van der Waals surface area (Å²) in [4.78, 5) is 2.38. The quantitative estimate of drug-likeness (QED) is 0.857. The summed E-state index contributed by atoms with van der Waals surface area (Å²) in [5.41, 5.74) is 0.728. The average molecular weight is 298 g/mol. The number of hydrogen-bond donors (Lipinski definition) is 2. The lowest BCUT2D eigenvalue weighted by molar-refractivity contribution is 0.208. The minimum Gasteiger partial charge on any atom is -0.396 e. The average Bonchev–Trinajstić information content (AvgIpc) is 2.47. The molecule has 6 heteroatoms. The molecule has 1 saturated heterocycles. The number of sulfonamides is 1. The Bertz CT molecular complexity index is 545. The van der Waals surface area contributed by atoms with E-state index in [-0.39, 0.29) is 12.5 Å². The first kappa shape index (κ1) is 15.3. The molecule has 1 unspecified atom stereocenters. The first-order valence-electron chi connectivity index (χ1n) is 7.03. The molecule has 5 nitrogen and oxygen atoms in total. The summed E-state index contributed by atoms with van der Waals surface area (Å²) in [6.07, 6.45) is 1.97. The molecule has 2 N–H and O–H groups in total. The molecule has 1 aliphatic heterocycles. The van der Waals surface area contributed by atoms with Crippen LogP contribution in [0.15, 0.2) is 29.2 Å². The van der Waals surface area contributed by atoms with Gasteiger partial charge in [-0.15, -0.1) is 0 Å². The van der Waals surface area contributed by atoms with Crippen molar-refractivity contribution >= 4 is 15.7 Å². The fourth-order valence-corrected chi connectivity index (χ4v) is 3.91. The lowest BCUT2D eigenvalue weighted by Gasteiger charge is -2.34. The molecule has 0 aromatic heterocycles. The van der Waals surface area contributed by atoms with Gasteiger partial charge in [-0.1, -0.05) is 19.1 Å². The van der Waals surface area contributed by atoms with Gasteiger partial charge in [0.2, 0.25) is 10.0 Å². The Morgan fingerprint density at radius 2 is 2.15 bits per heavy atom. The van der Waals surface area contributed by atoms with E-state index < -0.39 is 10.0 Å². The number of rotatable bonds is 5. The van der Waals surface area contributed by atoms with Crippen LogP contribution in [-0.2, 0) is 10.0 Å². The number of nitrogens with zero attached hydrogens (tertiary/aromatic N) is 1. The Morgan fingerprint density at radius 3 is 2.85 bits per heavy atom. The Hall–Kier alpha value is -1.11. The van der Waals surface area contributed by atoms with Crippen molar-refractivity contribution in [1.82, 2.24) is 4.72 Å². The molecule has 1 fully saturated rings. The summed E-state index contributed by atoms with van der Waals surface area (Å²) in [7, 11) is -3.47. The van der Waals surface area contributed by atoms with Crippen LogP contribution >= 0.6 is 0 Å². The molecular formula is C14H22N2O3S. The Balaban J connectivity index is 2.33. The molecule has 1 aliphatic rings. The van der Waals surface area contributed by atoms with E-state index in [9.17, 15) is 13.5 Å². The van der Waals surface area contributed by atoms with Crippen molar-refractivity contribution in [3.8, 4) is 0 Å². The number of nitrogens with one attached hydrogen (secondary N) is 1. The predicted molar refractivity (Wildman–Crippen MR) is 79.3 cm³/mol. The maximum Gasteiger partial charge on any atom is 0.242 e. The van der Waals surface area contributed by atoms with Gasteiger partial charge in [0.1, 0.15) is 4.90 Å². The van der Waals surface area contributed by atoms with Gasteiger partial charge in [0, 0.05) is 26.2 Å². The molecule has 1 atom stereocenters. The molecule has 1 heterocycles. The highest BCUT2D eigenvalue weighted by Crippen LogP contribution is 2.29. The molecule has 0 saturated carbocycles. The van der Waals surface area contributed by atoms with Crippen LogP contribution in [0.1, 0.15) is 19.8 Å². The molecule has 0 amide bonds. The van der Waals surface area contributed by atoms with Crippen molar-refractivity contribution in [3.05, 3.63) is 24.3 Å². The van der Waals surface area contributed by atoms with Gasteiger partial charge >= 0.3 is 0 Å². The Morgan fingerprint density at radius 1 is 1.40 bits per heavy atom. The predicted octanol–water partition coefficient (Wildman–Crippen LogP) is 1.19. The van der Waals surface area contributed by atoms with E-state index in [1.807, 2.05) is 12.1 Å². The molecule has 1 aromatic rings. The van der Waals surface area contributed by atoms with Gasteiger partial charge < -0.3 is 10.0 Å². The highest BCUT2D eigenvalue weighted by molar-refractivity contribution is 7.89. The standard InChI is InChI=1S/C14H22N2O3S/c1-2-15-20(18,19)14-8-4-3-7-13(14)16-9-5-6-12(10-16)11-17/h3-4,7-8,12,15,17H,2,5-6,9-11H2,1H3. The molecular weight excluding hydrogens is 276 g/mol. The molecule has 0 radical (unpaired) electrons. The second-order valence-electron chi connectivity index (χ2n) is 5.11. The SMILES string of the molecule is CCNS(=O)(=O)c1ccccc1N1CCCC(CO)C1. The van der Waals surface area contributed by atoms with E-state index in [4.69, 9.17) is 0 Å². The largest absolute Gasteiger partial charge is 0.396 e. The zero-order valence-corrected chi connectivity index (χ0v) is 12.6. The Kier molecular flexibility index (Phi) is 5.01. The second-order valence-corrected chi connectivity index (χ2v) is 6.84. The normalized spacial score (nSPS) is 20.1. The summed E-state index contributed by atoms with van der Waals surface area (Å²) in [5.74, 6) is 0.221. The number of anilines is 1. The summed E-state index contributed by atoms with van der Waals surface area (Å²) in [5, 5.41) is 9.31.